The molecular weight excluding hydrogens is 176 g/mol. The van der Waals surface area contributed by atoms with Gasteiger partial charge in [0.1, 0.15) is 0 Å². The molecule has 2 rings (SSSR count). The Hall–Kier alpha value is -0.120. The number of rotatable bonds is 2. The molecule has 0 aromatic carbocycles. The third-order valence-electron chi connectivity index (χ3n) is 4.20. The zero-order chi connectivity index (χ0) is 10.2. The fraction of sp³-hybridized carbons (Fsp3) is 1.00. The summed E-state index contributed by atoms with van der Waals surface area (Å²) in [6.07, 6.45) is 4.63. The molecule has 0 radical (unpaired) electrons. The standard InChI is InChI=1S/C11H22N2O/c1-9(8-12)11(14)5-7-13-6-3-2-4-10(11)13/h9-10,14H,2-8,12H2,1H3. The van der Waals surface area contributed by atoms with Gasteiger partial charge >= 0.3 is 0 Å². The number of nitrogens with zero attached hydrogens (tertiary/aromatic N) is 1. The van der Waals surface area contributed by atoms with Crippen LogP contribution in [-0.4, -0.2) is 41.3 Å². The lowest BCUT2D eigenvalue weighted by atomic mass is 9.79. The highest BCUT2D eigenvalue weighted by molar-refractivity contribution is 5.03. The lowest BCUT2D eigenvalue weighted by Gasteiger charge is -2.40. The van der Waals surface area contributed by atoms with Crippen LogP contribution in [0.4, 0.5) is 0 Å². The Bertz CT molecular complexity index is 209. The van der Waals surface area contributed by atoms with Gasteiger partial charge in [0.15, 0.2) is 0 Å². The summed E-state index contributed by atoms with van der Waals surface area (Å²) in [7, 11) is 0. The van der Waals surface area contributed by atoms with Crippen molar-refractivity contribution < 1.29 is 5.11 Å². The van der Waals surface area contributed by atoms with Crippen molar-refractivity contribution in [1.29, 1.82) is 0 Å². The largest absolute Gasteiger partial charge is 0.388 e. The first-order valence-corrected chi connectivity index (χ1v) is 5.85. The molecule has 0 spiro atoms. The van der Waals surface area contributed by atoms with Gasteiger partial charge in [0.25, 0.3) is 0 Å². The first-order chi connectivity index (χ1) is 6.68. The fourth-order valence-corrected chi connectivity index (χ4v) is 3.09. The molecule has 3 nitrogen and oxygen atoms in total. The summed E-state index contributed by atoms with van der Waals surface area (Å²) in [5.74, 6) is 0.232. The van der Waals surface area contributed by atoms with E-state index in [-0.39, 0.29) is 5.92 Å². The molecule has 0 saturated carbocycles. The molecular formula is C11H22N2O. The van der Waals surface area contributed by atoms with Gasteiger partial charge in [-0.1, -0.05) is 13.3 Å². The van der Waals surface area contributed by atoms with E-state index in [4.69, 9.17) is 5.73 Å². The van der Waals surface area contributed by atoms with Crippen molar-refractivity contribution in [2.45, 2.75) is 44.2 Å². The van der Waals surface area contributed by atoms with Crippen molar-refractivity contribution in [2.24, 2.45) is 11.7 Å². The van der Waals surface area contributed by atoms with Crippen LogP contribution in [0.3, 0.4) is 0 Å². The Balaban J connectivity index is 2.12. The summed E-state index contributed by atoms with van der Waals surface area (Å²) in [4.78, 5) is 2.45. The molecule has 3 heteroatoms. The lowest BCUT2D eigenvalue weighted by molar-refractivity contribution is -0.0481. The number of piperidine rings is 1. The molecule has 0 aromatic heterocycles. The topological polar surface area (TPSA) is 49.5 Å². The summed E-state index contributed by atoms with van der Waals surface area (Å²) in [6, 6.07) is 0.384. The number of fused-ring (bicyclic) bond motifs is 1. The second-order valence-electron chi connectivity index (χ2n) is 4.93. The number of hydrogen-bond donors (Lipinski definition) is 2. The van der Waals surface area contributed by atoms with Crippen LogP contribution < -0.4 is 5.73 Å². The summed E-state index contributed by atoms with van der Waals surface area (Å²) in [6.45, 7) is 4.91. The number of aliphatic hydroxyl groups is 1. The molecule has 14 heavy (non-hydrogen) atoms. The van der Waals surface area contributed by atoms with Crippen LogP contribution in [0.2, 0.25) is 0 Å². The van der Waals surface area contributed by atoms with Gasteiger partial charge in [-0.15, -0.1) is 0 Å². The predicted molar refractivity (Wildman–Crippen MR) is 57.0 cm³/mol. The minimum atomic E-state index is -0.505. The second kappa shape index (κ2) is 3.80. The first kappa shape index (κ1) is 10.4. The molecule has 3 atom stereocenters. The van der Waals surface area contributed by atoms with E-state index in [9.17, 15) is 5.11 Å². The van der Waals surface area contributed by atoms with E-state index in [1.54, 1.807) is 0 Å². The zero-order valence-corrected chi connectivity index (χ0v) is 9.08. The minimum Gasteiger partial charge on any atom is -0.388 e. The molecule has 0 aromatic rings. The van der Waals surface area contributed by atoms with Crippen molar-refractivity contribution >= 4 is 0 Å². The van der Waals surface area contributed by atoms with Gasteiger partial charge in [-0.2, -0.15) is 0 Å². The third kappa shape index (κ3) is 1.47. The van der Waals surface area contributed by atoms with Gasteiger partial charge in [0.2, 0.25) is 0 Å². The molecule has 0 bridgehead atoms. The molecule has 2 heterocycles. The number of hydrogen-bond acceptors (Lipinski definition) is 3. The summed E-state index contributed by atoms with van der Waals surface area (Å²) in [5.41, 5.74) is 5.18. The molecule has 82 valence electrons. The molecule has 0 aliphatic carbocycles. The van der Waals surface area contributed by atoms with Crippen molar-refractivity contribution in [3.63, 3.8) is 0 Å². The Morgan fingerprint density at radius 3 is 3.00 bits per heavy atom. The van der Waals surface area contributed by atoms with Crippen LogP contribution in [0.25, 0.3) is 0 Å². The van der Waals surface area contributed by atoms with Gasteiger partial charge in [-0.05, 0) is 38.3 Å². The number of nitrogens with two attached hydrogens (primary N) is 1. The highest BCUT2D eigenvalue weighted by Gasteiger charge is 2.49. The molecule has 2 saturated heterocycles. The van der Waals surface area contributed by atoms with Gasteiger partial charge in [-0.25, -0.2) is 0 Å². The van der Waals surface area contributed by atoms with Gasteiger partial charge < -0.3 is 10.8 Å². The summed E-state index contributed by atoms with van der Waals surface area (Å²) in [5, 5.41) is 10.6. The van der Waals surface area contributed by atoms with Gasteiger partial charge in [-0.3, -0.25) is 4.90 Å². The van der Waals surface area contributed by atoms with Crippen LogP contribution >= 0.6 is 0 Å². The highest BCUT2D eigenvalue weighted by Crippen LogP contribution is 2.39. The maximum Gasteiger partial charge on any atom is 0.0851 e. The molecule has 2 aliphatic heterocycles. The fourth-order valence-electron chi connectivity index (χ4n) is 3.09. The Labute approximate surface area is 86.3 Å². The van der Waals surface area contributed by atoms with E-state index in [2.05, 4.69) is 11.8 Å². The molecule has 2 fully saturated rings. The van der Waals surface area contributed by atoms with Crippen LogP contribution in [0.1, 0.15) is 32.6 Å². The zero-order valence-electron chi connectivity index (χ0n) is 9.08. The Morgan fingerprint density at radius 1 is 1.50 bits per heavy atom. The van der Waals surface area contributed by atoms with Gasteiger partial charge in [0, 0.05) is 12.6 Å². The smallest absolute Gasteiger partial charge is 0.0851 e. The van der Waals surface area contributed by atoms with E-state index in [1.807, 2.05) is 0 Å². The normalized spacial score (nSPS) is 40.9. The molecule has 3 unspecified atom stereocenters. The maximum absolute atomic E-state index is 10.6. The van der Waals surface area contributed by atoms with Crippen LogP contribution in [-0.2, 0) is 0 Å². The van der Waals surface area contributed by atoms with E-state index in [0.29, 0.717) is 12.6 Å². The molecule has 2 aliphatic rings. The lowest BCUT2D eigenvalue weighted by Crippen LogP contribution is -2.52. The van der Waals surface area contributed by atoms with Crippen LogP contribution in [0, 0.1) is 5.92 Å². The van der Waals surface area contributed by atoms with Crippen LogP contribution in [0.15, 0.2) is 0 Å². The highest BCUT2D eigenvalue weighted by atomic mass is 16.3. The molecule has 0 amide bonds. The molecule has 3 N–H and O–H groups in total. The summed E-state index contributed by atoms with van der Waals surface area (Å²) < 4.78 is 0. The summed E-state index contributed by atoms with van der Waals surface area (Å²) >= 11 is 0. The van der Waals surface area contributed by atoms with E-state index in [1.165, 1.54) is 19.4 Å². The predicted octanol–water partition coefficient (Wildman–Crippen LogP) is 0.570. The monoisotopic (exact) mass is 198 g/mol. The van der Waals surface area contributed by atoms with Gasteiger partial charge in [0.05, 0.1) is 5.60 Å². The Morgan fingerprint density at radius 2 is 2.29 bits per heavy atom. The van der Waals surface area contributed by atoms with E-state index < -0.39 is 5.60 Å². The van der Waals surface area contributed by atoms with Crippen molar-refractivity contribution in [1.82, 2.24) is 4.90 Å². The van der Waals surface area contributed by atoms with Crippen molar-refractivity contribution in [3.8, 4) is 0 Å². The maximum atomic E-state index is 10.6. The average Bonchev–Trinajstić information content (AvgIpc) is 2.58. The quantitative estimate of drug-likeness (QED) is 0.682. The van der Waals surface area contributed by atoms with E-state index in [0.717, 1.165) is 19.4 Å². The van der Waals surface area contributed by atoms with E-state index >= 15 is 0 Å². The average molecular weight is 198 g/mol. The Kier molecular flexibility index (Phi) is 2.82. The minimum absolute atomic E-state index is 0.232. The first-order valence-electron chi connectivity index (χ1n) is 5.85. The SMILES string of the molecule is CC(CN)C1(O)CCN2CCCCC21. The third-order valence-corrected chi connectivity index (χ3v) is 4.20. The van der Waals surface area contributed by atoms with Crippen molar-refractivity contribution in [2.75, 3.05) is 19.6 Å². The van der Waals surface area contributed by atoms with Crippen LogP contribution in [0.5, 0.6) is 0 Å². The second-order valence-corrected chi connectivity index (χ2v) is 4.93. The van der Waals surface area contributed by atoms with Crippen molar-refractivity contribution in [3.05, 3.63) is 0 Å².